The smallest absolute Gasteiger partial charge is 0.165 e. The average molecular weight is 1120 g/mol. The van der Waals surface area contributed by atoms with Gasteiger partial charge >= 0.3 is 0 Å². The Balaban J connectivity index is 0.937. The molecule has 1 aliphatic heterocycles. The number of ketones is 2. The standard InChI is InChI=1S/C66H75N3O9S2/c67-62(68)52-29-43-6-3-8-55-50(16-25-69-55)58(75)32-53-51(43)30-45(52)37-79-80-38-47-33-63(35-59(47)76,20-15-48(72)12-9-41-11-14-57(74)60(28-41)78-26-17-42-10-13-56(73)54(53)27-42)21-22-65-24-23-64(18-4-19-66(77,39-65)40-71)34-46(36-70)49-7-2-1-5-44(49)31-61(64)65/h1-2,5,7,10-11,13-16,20,23-25,27-30,46-47,53,59,61-62,69-71,73-74,76-77H,4,8-9,12,17-19,21-22,26,31-40,67-68H2. The van der Waals surface area contributed by atoms with Crippen molar-refractivity contribution in [3.63, 3.8) is 0 Å². The van der Waals surface area contributed by atoms with E-state index in [1.54, 1.807) is 64.2 Å². The molecule has 10 bridgehead atoms. The van der Waals surface area contributed by atoms with E-state index in [4.69, 9.17) is 16.2 Å². The number of ether oxygens (including phenoxy) is 1. The molecule has 1 aromatic heterocycles. The number of aryl methyl sites for hydroxylation is 1. The number of nitrogens with two attached hydrogens (primary N) is 2. The van der Waals surface area contributed by atoms with Crippen LogP contribution in [0.25, 0.3) is 0 Å². The van der Waals surface area contributed by atoms with Gasteiger partial charge in [-0.1, -0.05) is 100 Å². The molecule has 0 spiro atoms. The lowest BCUT2D eigenvalue weighted by molar-refractivity contribution is -0.114. The van der Waals surface area contributed by atoms with Gasteiger partial charge in [0.15, 0.2) is 23.1 Å². The monoisotopic (exact) mass is 1120 g/mol. The molecule has 11 N–H and O–H groups in total. The van der Waals surface area contributed by atoms with E-state index >= 15 is 0 Å². The van der Waals surface area contributed by atoms with Crippen LogP contribution < -0.4 is 16.2 Å². The minimum atomic E-state index is -1.28. The molecule has 0 saturated heterocycles. The number of allylic oxidation sites excluding steroid dienone is 4. The highest BCUT2D eigenvalue weighted by Crippen LogP contribution is 2.65. The summed E-state index contributed by atoms with van der Waals surface area (Å²) in [5.41, 5.74) is 19.5. The van der Waals surface area contributed by atoms with Gasteiger partial charge in [-0.25, -0.2) is 0 Å². The molecule has 2 fully saturated rings. The third kappa shape index (κ3) is 11.5. The zero-order valence-corrected chi connectivity index (χ0v) is 47.0. The van der Waals surface area contributed by atoms with Crippen LogP contribution in [0.5, 0.6) is 17.2 Å². The predicted molar refractivity (Wildman–Crippen MR) is 314 cm³/mol. The van der Waals surface area contributed by atoms with Gasteiger partial charge in [0.1, 0.15) is 5.75 Å². The molecule has 420 valence electrons. The van der Waals surface area contributed by atoms with Crippen molar-refractivity contribution in [2.45, 2.75) is 132 Å². The molecule has 4 aromatic carbocycles. The SMILES string of the molecule is NC(N)c1cc2c3cc1CSSCC1CC(CCC45C=CC6(CCCC(O)(CO)C4)CC(CO)c4ccccc4CC65)(C=CC(=O)CCc4ccc(O)c(c4)OCCc4ccc(O)c(c4)C3CC(=O)c3cc[nH]c3CC#C2)CC1O. The summed E-state index contributed by atoms with van der Waals surface area (Å²) < 4.78 is 6.22. The lowest BCUT2D eigenvalue weighted by Crippen LogP contribution is -2.48. The summed E-state index contributed by atoms with van der Waals surface area (Å²) in [6.07, 6.45) is 16.7. The number of nitrogens with one attached hydrogen (secondary N) is 1. The number of aliphatic hydroxyl groups is 4. The number of fused-ring (bicyclic) bond motifs is 10. The Labute approximate surface area is 477 Å². The van der Waals surface area contributed by atoms with Gasteiger partial charge < -0.3 is 51.8 Å². The first-order valence-electron chi connectivity index (χ1n) is 28.6. The van der Waals surface area contributed by atoms with Gasteiger partial charge in [0.05, 0.1) is 37.5 Å². The van der Waals surface area contributed by atoms with Crippen LogP contribution in [0.4, 0.5) is 0 Å². The van der Waals surface area contributed by atoms with Gasteiger partial charge in [-0.05, 0) is 174 Å². The zero-order valence-electron chi connectivity index (χ0n) is 45.4. The normalized spacial score (nSPS) is 29.8. The number of phenolic OH excluding ortho intramolecular Hbond substituents is 2. The third-order valence-corrected chi connectivity index (χ3v) is 21.5. The lowest BCUT2D eigenvalue weighted by Gasteiger charge is -2.50. The third-order valence-electron chi connectivity index (χ3n) is 19.1. The van der Waals surface area contributed by atoms with Crippen LogP contribution in [0.1, 0.15) is 155 Å². The summed E-state index contributed by atoms with van der Waals surface area (Å²) in [5.74, 6) is 7.33. The number of aliphatic hydroxyl groups excluding tert-OH is 3. The molecule has 0 amide bonds. The number of benzene rings is 4. The summed E-state index contributed by atoms with van der Waals surface area (Å²) in [4.78, 5) is 31.6. The van der Waals surface area contributed by atoms with E-state index in [0.29, 0.717) is 91.7 Å². The molecule has 5 aliphatic carbocycles. The molecule has 9 atom stereocenters. The fraction of sp³-hybridized carbons (Fsp3) is 0.455. The highest BCUT2D eigenvalue weighted by molar-refractivity contribution is 8.76. The number of phenols is 2. The number of carbonyl (C=O) groups is 2. The molecule has 0 radical (unpaired) electrons. The Bertz CT molecular complexity index is 3270. The van der Waals surface area contributed by atoms with Crippen LogP contribution in [-0.4, -0.2) is 84.5 Å². The number of aromatic amines is 1. The lowest BCUT2D eigenvalue weighted by atomic mass is 9.55. The van der Waals surface area contributed by atoms with E-state index in [0.717, 1.165) is 59.2 Å². The van der Waals surface area contributed by atoms with Crippen molar-refractivity contribution in [2.75, 3.05) is 25.6 Å². The molecular formula is C66H75N3O9S2. The van der Waals surface area contributed by atoms with Crippen molar-refractivity contribution < 1.29 is 45.0 Å². The second kappa shape index (κ2) is 23.3. The molecule has 14 heteroatoms. The van der Waals surface area contributed by atoms with Crippen LogP contribution in [0, 0.1) is 39.9 Å². The fourth-order valence-electron chi connectivity index (χ4n) is 14.9. The Morgan fingerprint density at radius 2 is 1.64 bits per heavy atom. The largest absolute Gasteiger partial charge is 0.508 e. The minimum Gasteiger partial charge on any atom is -0.508 e. The molecule has 80 heavy (non-hydrogen) atoms. The molecule has 2 saturated carbocycles. The topological polar surface area (TPSA) is 233 Å². The Kier molecular flexibility index (Phi) is 16.4. The maximum absolute atomic E-state index is 14.4. The number of Topliss-reactive ketones (excluding diaryl/α,β-unsaturated/α-hetero) is 1. The van der Waals surface area contributed by atoms with E-state index in [1.165, 1.54) is 11.1 Å². The van der Waals surface area contributed by atoms with Crippen LogP contribution in [0.2, 0.25) is 0 Å². The molecular weight excluding hydrogens is 1040 g/mol. The van der Waals surface area contributed by atoms with Gasteiger partial charge in [0, 0.05) is 77.8 Å². The quantitative estimate of drug-likeness (QED) is 0.0334. The van der Waals surface area contributed by atoms with E-state index < -0.39 is 34.6 Å². The fourth-order valence-corrected chi connectivity index (χ4v) is 17.5. The molecule has 11 rings (SSSR count). The molecule has 12 nitrogen and oxygen atoms in total. The van der Waals surface area contributed by atoms with E-state index in [2.05, 4.69) is 65.4 Å². The van der Waals surface area contributed by atoms with Crippen LogP contribution in [-0.2, 0) is 36.2 Å². The Morgan fingerprint density at radius 1 is 0.812 bits per heavy atom. The van der Waals surface area contributed by atoms with Crippen molar-refractivity contribution in [3.8, 4) is 29.1 Å². The molecule has 5 aromatic rings. The number of H-pyrrole nitrogens is 1. The van der Waals surface area contributed by atoms with Crippen LogP contribution in [0.3, 0.4) is 0 Å². The Morgan fingerprint density at radius 3 is 2.46 bits per heavy atom. The number of aromatic hydroxyl groups is 2. The van der Waals surface area contributed by atoms with Crippen molar-refractivity contribution in [2.24, 2.45) is 39.5 Å². The van der Waals surface area contributed by atoms with Gasteiger partial charge in [-0.3, -0.25) is 9.59 Å². The van der Waals surface area contributed by atoms with Gasteiger partial charge in [0.2, 0.25) is 0 Å². The average Bonchev–Trinajstić information content (AvgIpc) is 4.33. The number of hydrogen-bond acceptors (Lipinski definition) is 13. The summed E-state index contributed by atoms with van der Waals surface area (Å²) >= 11 is 0. The first-order valence-corrected chi connectivity index (χ1v) is 31.1. The maximum atomic E-state index is 14.4. The predicted octanol–water partition coefficient (Wildman–Crippen LogP) is 9.94. The van der Waals surface area contributed by atoms with Crippen molar-refractivity contribution in [1.29, 1.82) is 0 Å². The van der Waals surface area contributed by atoms with Crippen LogP contribution >= 0.6 is 21.6 Å². The van der Waals surface area contributed by atoms with E-state index in [9.17, 15) is 40.2 Å². The number of carbonyl (C=O) groups excluding carboxylic acids is 2. The second-order valence-electron chi connectivity index (χ2n) is 24.2. The van der Waals surface area contributed by atoms with Crippen molar-refractivity contribution in [1.82, 2.24) is 4.98 Å². The second-order valence-corrected chi connectivity index (χ2v) is 26.7. The van der Waals surface area contributed by atoms with Gasteiger partial charge in [0.25, 0.3) is 0 Å². The molecule has 6 aliphatic rings. The summed E-state index contributed by atoms with van der Waals surface area (Å²) in [6, 6.07) is 24.8. The first-order chi connectivity index (χ1) is 38.6. The van der Waals surface area contributed by atoms with E-state index in [-0.39, 0.29) is 78.9 Å². The summed E-state index contributed by atoms with van der Waals surface area (Å²) in [6.45, 7) is -0.0940. The Hall–Kier alpha value is -5.60. The van der Waals surface area contributed by atoms with Crippen LogP contribution in [0.15, 0.2) is 109 Å². The highest BCUT2D eigenvalue weighted by atomic mass is 33.1. The summed E-state index contributed by atoms with van der Waals surface area (Å²) in [5, 5.41) is 68.9. The highest BCUT2D eigenvalue weighted by Gasteiger charge is 2.58. The minimum absolute atomic E-state index is 0.0208. The maximum Gasteiger partial charge on any atom is 0.165 e. The van der Waals surface area contributed by atoms with Crippen molar-refractivity contribution in [3.05, 3.63) is 171 Å². The number of rotatable bonds is 6. The van der Waals surface area contributed by atoms with Gasteiger partial charge in [-0.2, -0.15) is 0 Å². The van der Waals surface area contributed by atoms with Crippen molar-refractivity contribution >= 4 is 33.2 Å². The summed E-state index contributed by atoms with van der Waals surface area (Å²) in [7, 11) is 3.31. The first kappa shape index (κ1) is 56.3. The van der Waals surface area contributed by atoms with E-state index in [1.807, 2.05) is 18.2 Å². The number of aromatic nitrogens is 1. The zero-order chi connectivity index (χ0) is 55.8. The molecule has 2 heterocycles. The number of hydrogen-bond donors (Lipinski definition) is 9. The molecule has 9 unspecified atom stereocenters. The van der Waals surface area contributed by atoms with Gasteiger partial charge in [-0.15, -0.1) is 0 Å².